The third-order valence-corrected chi connectivity index (χ3v) is 6.86. The van der Waals surface area contributed by atoms with Crippen LogP contribution in [-0.4, -0.2) is 46.3 Å². The summed E-state index contributed by atoms with van der Waals surface area (Å²) in [6, 6.07) is 16.5. The number of hydrogen-bond donors (Lipinski definition) is 0. The van der Waals surface area contributed by atoms with Crippen LogP contribution >= 0.6 is 23.3 Å². The summed E-state index contributed by atoms with van der Waals surface area (Å²) in [6.07, 6.45) is 0.495. The molecule has 4 nitrogen and oxygen atoms in total. The van der Waals surface area contributed by atoms with E-state index in [4.69, 9.17) is 0 Å². The number of hydrogen-bond acceptors (Lipinski definition) is 5. The maximum atomic E-state index is 12.6. The molecule has 0 bridgehead atoms. The molecule has 2 aliphatic rings. The Morgan fingerprint density at radius 2 is 1.81 bits per heavy atom. The highest BCUT2D eigenvalue weighted by atomic mass is 32.2. The fraction of sp³-hybridized carbons (Fsp3) is 0.238. The molecule has 0 radical (unpaired) electrons. The predicted octanol–water partition coefficient (Wildman–Crippen LogP) is 4.00. The number of benzene rings is 2. The van der Waals surface area contributed by atoms with Gasteiger partial charge in [0.1, 0.15) is 0 Å². The smallest absolute Gasteiger partial charge is 0.227 e. The van der Waals surface area contributed by atoms with Crippen molar-refractivity contribution in [2.24, 2.45) is 0 Å². The molecule has 0 spiro atoms. The van der Waals surface area contributed by atoms with E-state index in [0.717, 1.165) is 37.3 Å². The number of fused-ring (bicyclic) bond motifs is 1. The molecule has 0 saturated carbocycles. The monoisotopic (exact) mass is 393 g/mol. The zero-order valence-corrected chi connectivity index (χ0v) is 16.4. The largest absolute Gasteiger partial charge is 0.334 e. The molecule has 5 rings (SSSR count). The lowest BCUT2D eigenvalue weighted by molar-refractivity contribution is -0.129. The third-order valence-electron chi connectivity index (χ3n) is 5.09. The van der Waals surface area contributed by atoms with E-state index >= 15 is 0 Å². The lowest BCUT2D eigenvalue weighted by atomic mass is 10.1. The van der Waals surface area contributed by atoms with Crippen LogP contribution < -0.4 is 0 Å². The Labute approximate surface area is 166 Å². The molecule has 3 aromatic rings. The molecule has 0 atom stereocenters. The van der Waals surface area contributed by atoms with Gasteiger partial charge in [0, 0.05) is 31.1 Å². The van der Waals surface area contributed by atoms with Gasteiger partial charge in [-0.15, -0.1) is 11.3 Å². The summed E-state index contributed by atoms with van der Waals surface area (Å²) in [7, 11) is 0. The minimum absolute atomic E-state index is 0.227. The molecule has 0 unspecified atom stereocenters. The van der Waals surface area contributed by atoms with E-state index in [9.17, 15) is 4.79 Å². The SMILES string of the molecule is O=C(Cc1ccccc1)N1CC2=C(CN(Sc3ccc4ncsc4c3)C2)C1. The Bertz CT molecular complexity index is 1010. The zero-order valence-electron chi connectivity index (χ0n) is 14.8. The van der Waals surface area contributed by atoms with Crippen molar-refractivity contribution in [1.82, 2.24) is 14.2 Å². The molecule has 1 aromatic heterocycles. The molecule has 0 aliphatic carbocycles. The standard InChI is InChI=1S/C21H19N3OS2/c25-21(8-15-4-2-1-3-5-15)23-10-16-12-24(13-17(16)11-23)27-18-6-7-19-20(9-18)26-14-22-19/h1-7,9,14H,8,10-13H2. The number of carbonyl (C=O) groups excluding carboxylic acids is 1. The molecule has 2 aromatic carbocycles. The molecular formula is C21H19N3OS2. The highest BCUT2D eigenvalue weighted by Crippen LogP contribution is 2.34. The van der Waals surface area contributed by atoms with Crippen molar-refractivity contribution in [1.29, 1.82) is 0 Å². The van der Waals surface area contributed by atoms with Crippen molar-refractivity contribution in [3.8, 4) is 0 Å². The second-order valence-corrected chi connectivity index (χ2v) is 9.05. The molecule has 0 N–H and O–H groups in total. The summed E-state index contributed by atoms with van der Waals surface area (Å²) >= 11 is 3.49. The second kappa shape index (κ2) is 7.11. The first-order valence-corrected chi connectivity index (χ1v) is 10.7. The first-order valence-electron chi connectivity index (χ1n) is 9.02. The molecule has 2 aliphatic heterocycles. The van der Waals surface area contributed by atoms with Crippen LogP contribution in [0.2, 0.25) is 0 Å². The first kappa shape index (κ1) is 17.0. The van der Waals surface area contributed by atoms with E-state index < -0.39 is 0 Å². The topological polar surface area (TPSA) is 36.4 Å². The lowest BCUT2D eigenvalue weighted by Crippen LogP contribution is -2.33. The second-order valence-electron chi connectivity index (χ2n) is 6.99. The Morgan fingerprint density at radius 1 is 1.04 bits per heavy atom. The van der Waals surface area contributed by atoms with Crippen LogP contribution in [0.25, 0.3) is 10.2 Å². The van der Waals surface area contributed by atoms with Gasteiger partial charge in [0.05, 0.1) is 22.1 Å². The molecule has 1 amide bonds. The molecule has 3 heterocycles. The number of aromatic nitrogens is 1. The maximum absolute atomic E-state index is 12.6. The van der Waals surface area contributed by atoms with Crippen molar-refractivity contribution < 1.29 is 4.79 Å². The van der Waals surface area contributed by atoms with Gasteiger partial charge in [0.2, 0.25) is 5.91 Å². The number of nitrogens with zero attached hydrogens (tertiary/aromatic N) is 3. The number of amides is 1. The van der Waals surface area contributed by atoms with Gasteiger partial charge in [-0.3, -0.25) is 4.79 Å². The van der Waals surface area contributed by atoms with E-state index in [2.05, 4.69) is 27.5 Å². The summed E-state index contributed by atoms with van der Waals surface area (Å²) in [5, 5.41) is 0. The minimum atomic E-state index is 0.227. The van der Waals surface area contributed by atoms with Crippen LogP contribution in [0.1, 0.15) is 5.56 Å². The van der Waals surface area contributed by atoms with Gasteiger partial charge < -0.3 is 4.90 Å². The fourth-order valence-electron chi connectivity index (χ4n) is 3.71. The zero-order chi connectivity index (χ0) is 18.2. The van der Waals surface area contributed by atoms with Crippen molar-refractivity contribution in [3.05, 3.63) is 70.8 Å². The average Bonchev–Trinajstić information content (AvgIpc) is 3.36. The first-order chi connectivity index (χ1) is 13.2. The third kappa shape index (κ3) is 3.52. The van der Waals surface area contributed by atoms with Crippen molar-refractivity contribution in [3.63, 3.8) is 0 Å². The predicted molar refractivity (Wildman–Crippen MR) is 111 cm³/mol. The Balaban J connectivity index is 1.18. The van der Waals surface area contributed by atoms with Gasteiger partial charge in [0.25, 0.3) is 0 Å². The van der Waals surface area contributed by atoms with E-state index in [1.165, 1.54) is 20.7 Å². The fourth-order valence-corrected chi connectivity index (χ4v) is 5.54. The van der Waals surface area contributed by atoms with Crippen molar-refractivity contribution >= 4 is 39.4 Å². The van der Waals surface area contributed by atoms with Gasteiger partial charge in [-0.2, -0.15) is 0 Å². The molecule has 0 saturated heterocycles. The summed E-state index contributed by atoms with van der Waals surface area (Å²) in [5.41, 5.74) is 6.89. The maximum Gasteiger partial charge on any atom is 0.227 e. The summed E-state index contributed by atoms with van der Waals surface area (Å²) in [5.74, 6) is 0.227. The molecule has 0 fully saturated rings. The van der Waals surface area contributed by atoms with Gasteiger partial charge in [-0.25, -0.2) is 9.29 Å². The van der Waals surface area contributed by atoms with Gasteiger partial charge >= 0.3 is 0 Å². The number of carbonyl (C=O) groups is 1. The van der Waals surface area contributed by atoms with E-state index in [0.29, 0.717) is 6.42 Å². The normalized spacial score (nSPS) is 17.1. The van der Waals surface area contributed by atoms with Gasteiger partial charge in [-0.05, 0) is 46.9 Å². The van der Waals surface area contributed by atoms with E-state index in [1.807, 2.05) is 40.7 Å². The van der Waals surface area contributed by atoms with Gasteiger partial charge in [-0.1, -0.05) is 30.3 Å². The highest BCUT2D eigenvalue weighted by molar-refractivity contribution is 7.97. The van der Waals surface area contributed by atoms with Gasteiger partial charge in [0.15, 0.2) is 0 Å². The summed E-state index contributed by atoms with van der Waals surface area (Å²) in [6.45, 7) is 3.45. The average molecular weight is 394 g/mol. The van der Waals surface area contributed by atoms with Crippen LogP contribution in [0.3, 0.4) is 0 Å². The molecule has 136 valence electrons. The number of rotatable bonds is 4. The van der Waals surface area contributed by atoms with Crippen LogP contribution in [-0.2, 0) is 11.2 Å². The van der Waals surface area contributed by atoms with Crippen molar-refractivity contribution in [2.75, 3.05) is 26.2 Å². The molecule has 6 heteroatoms. The lowest BCUT2D eigenvalue weighted by Gasteiger charge is -2.22. The van der Waals surface area contributed by atoms with Crippen LogP contribution in [0.15, 0.2) is 70.1 Å². The minimum Gasteiger partial charge on any atom is -0.334 e. The Kier molecular flexibility index (Phi) is 4.47. The van der Waals surface area contributed by atoms with Crippen LogP contribution in [0.5, 0.6) is 0 Å². The van der Waals surface area contributed by atoms with E-state index in [1.54, 1.807) is 23.3 Å². The van der Waals surface area contributed by atoms with Crippen molar-refractivity contribution in [2.45, 2.75) is 11.3 Å². The van der Waals surface area contributed by atoms with E-state index in [-0.39, 0.29) is 5.91 Å². The molecule has 27 heavy (non-hydrogen) atoms. The highest BCUT2D eigenvalue weighted by Gasteiger charge is 2.32. The number of thiazole rings is 1. The summed E-state index contributed by atoms with van der Waals surface area (Å²) < 4.78 is 3.63. The van der Waals surface area contributed by atoms with Crippen LogP contribution in [0, 0.1) is 0 Å². The Morgan fingerprint density at radius 3 is 2.59 bits per heavy atom. The van der Waals surface area contributed by atoms with Crippen LogP contribution in [0.4, 0.5) is 0 Å². The Hall–Kier alpha value is -2.15. The summed E-state index contributed by atoms with van der Waals surface area (Å²) in [4.78, 5) is 20.2. The quantitative estimate of drug-likeness (QED) is 0.496. The molecular weight excluding hydrogens is 374 g/mol.